The number of ether oxygens (including phenoxy) is 1. The summed E-state index contributed by atoms with van der Waals surface area (Å²) in [4.78, 5) is 0. The zero-order chi connectivity index (χ0) is 18.5. The van der Waals surface area contributed by atoms with Gasteiger partial charge >= 0.3 is 0 Å². The number of nitrogens with one attached hydrogen (secondary N) is 1. The van der Waals surface area contributed by atoms with Crippen molar-refractivity contribution in [2.45, 2.75) is 26.4 Å². The molecule has 0 aliphatic carbocycles. The molecule has 0 amide bonds. The summed E-state index contributed by atoms with van der Waals surface area (Å²) in [6.45, 7) is 4.63. The molecule has 0 saturated carbocycles. The minimum absolute atomic E-state index is 0.231. The first-order valence-corrected chi connectivity index (χ1v) is 9.42. The van der Waals surface area contributed by atoms with E-state index in [1.807, 2.05) is 48.5 Å². The van der Waals surface area contributed by atoms with E-state index < -0.39 is 0 Å². The first kappa shape index (κ1) is 18.5. The van der Waals surface area contributed by atoms with E-state index in [4.69, 9.17) is 17.0 Å². The van der Waals surface area contributed by atoms with Gasteiger partial charge in [-0.05, 0) is 59.7 Å². The second-order valence-corrected chi connectivity index (χ2v) is 7.38. The summed E-state index contributed by atoms with van der Waals surface area (Å²) in [5.41, 5.74) is 2.08. The first-order valence-electron chi connectivity index (χ1n) is 8.22. The van der Waals surface area contributed by atoms with Crippen LogP contribution in [0.1, 0.15) is 36.7 Å². The summed E-state index contributed by atoms with van der Waals surface area (Å²) in [6.07, 6.45) is 1.76. The van der Waals surface area contributed by atoms with Crippen LogP contribution in [0.3, 0.4) is 0 Å². The number of rotatable bonds is 6. The standard InChI is InChI=1S/C19H19BrN4OS/c1-13(2)18-22-23-19(26)24(18)21-11-14-5-9-17(10-6-14)25-12-15-3-7-16(20)8-4-15/h3-11,13H,12H2,1-2H3,(H,23,26)/b21-11+. The molecule has 0 radical (unpaired) electrons. The molecule has 134 valence electrons. The highest BCUT2D eigenvalue weighted by molar-refractivity contribution is 9.10. The molecule has 1 heterocycles. The van der Waals surface area contributed by atoms with E-state index in [0.29, 0.717) is 11.4 Å². The fourth-order valence-corrected chi connectivity index (χ4v) is 2.76. The monoisotopic (exact) mass is 430 g/mol. The largest absolute Gasteiger partial charge is 0.489 e. The van der Waals surface area contributed by atoms with Crippen molar-refractivity contribution < 1.29 is 4.74 Å². The molecule has 5 nitrogen and oxygen atoms in total. The van der Waals surface area contributed by atoms with Crippen molar-refractivity contribution in [1.29, 1.82) is 0 Å². The SMILES string of the molecule is CC(C)c1n[nH]c(=S)n1/N=C/c1ccc(OCc2ccc(Br)cc2)cc1. The van der Waals surface area contributed by atoms with E-state index in [0.717, 1.165) is 27.2 Å². The molecular formula is C19H19BrN4OS. The van der Waals surface area contributed by atoms with Crippen LogP contribution in [-0.4, -0.2) is 21.1 Å². The highest BCUT2D eigenvalue weighted by atomic mass is 79.9. The van der Waals surface area contributed by atoms with Gasteiger partial charge in [0.2, 0.25) is 4.77 Å². The summed E-state index contributed by atoms with van der Waals surface area (Å²) in [5.74, 6) is 1.85. The van der Waals surface area contributed by atoms with E-state index in [2.05, 4.69) is 45.1 Å². The second kappa shape index (κ2) is 8.42. The molecule has 0 aliphatic rings. The lowest BCUT2D eigenvalue weighted by Crippen LogP contribution is -2.01. The van der Waals surface area contributed by atoms with Crippen LogP contribution in [0.25, 0.3) is 0 Å². The number of hydrogen-bond donors (Lipinski definition) is 1. The van der Waals surface area contributed by atoms with Crippen LogP contribution in [0.15, 0.2) is 58.1 Å². The Bertz CT molecular complexity index is 943. The van der Waals surface area contributed by atoms with Crippen LogP contribution in [0.5, 0.6) is 5.75 Å². The number of hydrogen-bond acceptors (Lipinski definition) is 4. The maximum Gasteiger partial charge on any atom is 0.216 e. The van der Waals surface area contributed by atoms with Gasteiger partial charge in [0.05, 0.1) is 6.21 Å². The summed E-state index contributed by atoms with van der Waals surface area (Å²) >= 11 is 8.65. The summed E-state index contributed by atoms with van der Waals surface area (Å²) in [6, 6.07) is 15.8. The van der Waals surface area contributed by atoms with Crippen LogP contribution in [-0.2, 0) is 6.61 Å². The molecule has 0 atom stereocenters. The molecule has 0 spiro atoms. The Morgan fingerprint density at radius 2 is 1.88 bits per heavy atom. The zero-order valence-electron chi connectivity index (χ0n) is 14.5. The number of aromatic amines is 1. The minimum atomic E-state index is 0.231. The zero-order valence-corrected chi connectivity index (χ0v) is 16.9. The average Bonchev–Trinajstić information content (AvgIpc) is 3.01. The van der Waals surface area contributed by atoms with Gasteiger partial charge in [-0.2, -0.15) is 14.9 Å². The number of aromatic nitrogens is 3. The van der Waals surface area contributed by atoms with Gasteiger partial charge < -0.3 is 4.74 Å². The lowest BCUT2D eigenvalue weighted by atomic mass is 10.2. The molecule has 7 heteroatoms. The van der Waals surface area contributed by atoms with Crippen LogP contribution >= 0.6 is 28.1 Å². The third-order valence-electron chi connectivity index (χ3n) is 3.71. The van der Waals surface area contributed by atoms with Gasteiger partial charge in [0, 0.05) is 10.4 Å². The Kier molecular flexibility index (Phi) is 6.00. The fraction of sp³-hybridized carbons (Fsp3) is 0.211. The van der Waals surface area contributed by atoms with Crippen LogP contribution in [0.2, 0.25) is 0 Å². The summed E-state index contributed by atoms with van der Waals surface area (Å²) in [5, 5.41) is 11.4. The number of benzene rings is 2. The van der Waals surface area contributed by atoms with Crippen molar-refractivity contribution in [3.63, 3.8) is 0 Å². The van der Waals surface area contributed by atoms with Crippen LogP contribution in [0, 0.1) is 4.77 Å². The van der Waals surface area contributed by atoms with E-state index in [9.17, 15) is 0 Å². The summed E-state index contributed by atoms with van der Waals surface area (Å²) < 4.78 is 9.01. The van der Waals surface area contributed by atoms with Crippen molar-refractivity contribution in [2.24, 2.45) is 5.10 Å². The topological polar surface area (TPSA) is 55.2 Å². The Balaban J connectivity index is 1.65. The molecule has 0 bridgehead atoms. The molecule has 3 rings (SSSR count). The predicted molar refractivity (Wildman–Crippen MR) is 109 cm³/mol. The van der Waals surface area contributed by atoms with Gasteiger partial charge in [-0.1, -0.05) is 41.9 Å². The quantitative estimate of drug-likeness (QED) is 0.426. The fourth-order valence-electron chi connectivity index (χ4n) is 2.31. The Morgan fingerprint density at radius 3 is 2.54 bits per heavy atom. The van der Waals surface area contributed by atoms with Crippen molar-refractivity contribution >= 4 is 34.4 Å². The third kappa shape index (κ3) is 4.68. The lowest BCUT2D eigenvalue weighted by molar-refractivity contribution is 0.306. The minimum Gasteiger partial charge on any atom is -0.489 e. The Hall–Kier alpha value is -2.25. The van der Waals surface area contributed by atoms with Gasteiger partial charge in [-0.15, -0.1) is 0 Å². The van der Waals surface area contributed by atoms with Gasteiger partial charge in [-0.25, -0.2) is 0 Å². The molecule has 0 unspecified atom stereocenters. The van der Waals surface area contributed by atoms with Crippen molar-refractivity contribution in [3.05, 3.63) is 74.7 Å². The Labute approximate surface area is 165 Å². The van der Waals surface area contributed by atoms with E-state index >= 15 is 0 Å². The third-order valence-corrected chi connectivity index (χ3v) is 4.51. The average molecular weight is 431 g/mol. The Morgan fingerprint density at radius 1 is 1.19 bits per heavy atom. The van der Waals surface area contributed by atoms with Gasteiger partial charge in [0.25, 0.3) is 0 Å². The van der Waals surface area contributed by atoms with Gasteiger partial charge in [-0.3, -0.25) is 5.10 Å². The van der Waals surface area contributed by atoms with E-state index in [1.165, 1.54) is 0 Å². The van der Waals surface area contributed by atoms with Crippen molar-refractivity contribution in [2.75, 3.05) is 0 Å². The number of H-pyrrole nitrogens is 1. The smallest absolute Gasteiger partial charge is 0.216 e. The number of nitrogens with zero attached hydrogens (tertiary/aromatic N) is 3. The molecule has 3 aromatic rings. The van der Waals surface area contributed by atoms with E-state index in [-0.39, 0.29) is 5.92 Å². The van der Waals surface area contributed by atoms with Gasteiger partial charge in [0.1, 0.15) is 12.4 Å². The second-order valence-electron chi connectivity index (χ2n) is 6.08. The number of halogens is 1. The predicted octanol–water partition coefficient (Wildman–Crippen LogP) is 5.29. The first-order chi connectivity index (χ1) is 12.5. The van der Waals surface area contributed by atoms with Gasteiger partial charge in [0.15, 0.2) is 5.82 Å². The summed E-state index contributed by atoms with van der Waals surface area (Å²) in [7, 11) is 0. The molecule has 1 aromatic heterocycles. The highest BCUT2D eigenvalue weighted by Crippen LogP contribution is 2.16. The molecule has 0 fully saturated rings. The van der Waals surface area contributed by atoms with Crippen LogP contribution < -0.4 is 4.74 Å². The van der Waals surface area contributed by atoms with Crippen molar-refractivity contribution in [1.82, 2.24) is 14.9 Å². The van der Waals surface area contributed by atoms with Crippen molar-refractivity contribution in [3.8, 4) is 5.75 Å². The molecule has 0 saturated heterocycles. The molecular weight excluding hydrogens is 412 g/mol. The lowest BCUT2D eigenvalue weighted by Gasteiger charge is -2.07. The molecule has 26 heavy (non-hydrogen) atoms. The highest BCUT2D eigenvalue weighted by Gasteiger charge is 2.08. The molecule has 2 aromatic carbocycles. The molecule has 1 N–H and O–H groups in total. The molecule has 0 aliphatic heterocycles. The maximum absolute atomic E-state index is 5.81. The maximum atomic E-state index is 5.81. The van der Waals surface area contributed by atoms with E-state index in [1.54, 1.807) is 10.9 Å². The normalized spacial score (nSPS) is 11.4. The van der Waals surface area contributed by atoms with Crippen LogP contribution in [0.4, 0.5) is 0 Å².